The maximum Gasteiger partial charge on any atom is 0.128 e. The first-order chi connectivity index (χ1) is 9.65. The van der Waals surface area contributed by atoms with Crippen molar-refractivity contribution >= 4 is 38.6 Å². The summed E-state index contributed by atoms with van der Waals surface area (Å²) < 4.78 is 3.22. The summed E-state index contributed by atoms with van der Waals surface area (Å²) in [5.74, 6) is 0.906. The molecule has 2 nitrogen and oxygen atoms in total. The van der Waals surface area contributed by atoms with Crippen molar-refractivity contribution < 1.29 is 0 Å². The fourth-order valence-electron chi connectivity index (χ4n) is 2.36. The van der Waals surface area contributed by atoms with Crippen LogP contribution in [0.25, 0.3) is 11.0 Å². The molecule has 0 aliphatic rings. The molecule has 2 aromatic carbocycles. The predicted octanol–water partition coefficient (Wildman–Crippen LogP) is 5.15. The van der Waals surface area contributed by atoms with Gasteiger partial charge in [0.15, 0.2) is 0 Å². The van der Waals surface area contributed by atoms with Gasteiger partial charge in [-0.1, -0.05) is 46.3 Å². The van der Waals surface area contributed by atoms with Crippen molar-refractivity contribution in [3.05, 3.63) is 64.4 Å². The minimum atomic E-state index is -0.120. The molecule has 0 fully saturated rings. The van der Waals surface area contributed by atoms with E-state index in [0.717, 1.165) is 27.9 Å². The zero-order valence-corrected chi connectivity index (χ0v) is 13.4. The van der Waals surface area contributed by atoms with Gasteiger partial charge in [-0.3, -0.25) is 0 Å². The second-order valence-electron chi connectivity index (χ2n) is 4.79. The summed E-state index contributed by atoms with van der Waals surface area (Å²) >= 11 is 9.78. The molecule has 0 aliphatic carbocycles. The van der Waals surface area contributed by atoms with Crippen LogP contribution in [0.4, 0.5) is 0 Å². The molecule has 0 aliphatic heterocycles. The highest BCUT2D eigenvalue weighted by Crippen LogP contribution is 2.27. The monoisotopic (exact) mass is 348 g/mol. The van der Waals surface area contributed by atoms with E-state index in [0.29, 0.717) is 0 Å². The third kappa shape index (κ3) is 2.60. The third-order valence-corrected chi connectivity index (χ3v) is 3.97. The number of fused-ring (bicyclic) bond motifs is 1. The number of rotatable bonds is 3. The summed E-state index contributed by atoms with van der Waals surface area (Å²) in [4.78, 5) is 4.67. The highest BCUT2D eigenvalue weighted by molar-refractivity contribution is 9.10. The Bertz CT molecular complexity index is 735. The van der Waals surface area contributed by atoms with Crippen LogP contribution in [0.2, 0.25) is 0 Å². The van der Waals surface area contributed by atoms with Gasteiger partial charge in [0.2, 0.25) is 0 Å². The van der Waals surface area contributed by atoms with Crippen molar-refractivity contribution in [1.29, 1.82) is 0 Å². The molecule has 3 aromatic rings. The van der Waals surface area contributed by atoms with E-state index in [1.165, 1.54) is 5.56 Å². The maximum absolute atomic E-state index is 6.29. The first-order valence-corrected chi connectivity index (χ1v) is 7.72. The first-order valence-electron chi connectivity index (χ1n) is 6.49. The van der Waals surface area contributed by atoms with Crippen LogP contribution in [0.3, 0.4) is 0 Å². The molecule has 4 heteroatoms. The topological polar surface area (TPSA) is 17.8 Å². The molecule has 20 heavy (non-hydrogen) atoms. The van der Waals surface area contributed by atoms with Gasteiger partial charge in [0.05, 0.1) is 16.4 Å². The van der Waals surface area contributed by atoms with Gasteiger partial charge >= 0.3 is 0 Å². The minimum Gasteiger partial charge on any atom is -0.322 e. The van der Waals surface area contributed by atoms with Crippen LogP contribution in [0.15, 0.2) is 53.0 Å². The lowest BCUT2D eigenvalue weighted by Crippen LogP contribution is -2.05. The molecule has 1 unspecified atom stereocenters. The number of imidazole rings is 1. The standard InChI is InChI=1S/C16H14BrClN2/c1-11(18)16-19-14-9-13(17)7-8-15(14)20(16)10-12-5-3-2-4-6-12/h2-9,11H,10H2,1H3. The van der Waals surface area contributed by atoms with Crippen molar-refractivity contribution in [2.75, 3.05) is 0 Å². The van der Waals surface area contributed by atoms with E-state index in [9.17, 15) is 0 Å². The van der Waals surface area contributed by atoms with Gasteiger partial charge in [-0.15, -0.1) is 11.6 Å². The van der Waals surface area contributed by atoms with Crippen molar-refractivity contribution in [3.8, 4) is 0 Å². The average Bonchev–Trinajstić information content (AvgIpc) is 2.78. The Hall–Kier alpha value is -1.32. The second-order valence-corrected chi connectivity index (χ2v) is 6.36. The van der Waals surface area contributed by atoms with E-state index in [2.05, 4.69) is 55.8 Å². The smallest absolute Gasteiger partial charge is 0.128 e. The van der Waals surface area contributed by atoms with E-state index < -0.39 is 0 Å². The summed E-state index contributed by atoms with van der Waals surface area (Å²) in [5.41, 5.74) is 3.32. The van der Waals surface area contributed by atoms with E-state index in [1.807, 2.05) is 25.1 Å². The summed E-state index contributed by atoms with van der Waals surface area (Å²) in [7, 11) is 0. The van der Waals surface area contributed by atoms with Crippen LogP contribution in [0, 0.1) is 0 Å². The molecule has 0 amide bonds. The van der Waals surface area contributed by atoms with Crippen LogP contribution in [-0.2, 0) is 6.54 Å². The van der Waals surface area contributed by atoms with Crippen LogP contribution in [-0.4, -0.2) is 9.55 Å². The summed E-state index contributed by atoms with van der Waals surface area (Å²) in [6, 6.07) is 16.5. The zero-order valence-electron chi connectivity index (χ0n) is 11.1. The molecule has 102 valence electrons. The minimum absolute atomic E-state index is 0.120. The molecule has 0 saturated heterocycles. The average molecular weight is 350 g/mol. The summed E-state index contributed by atoms with van der Waals surface area (Å²) in [6.07, 6.45) is 0. The lowest BCUT2D eigenvalue weighted by Gasteiger charge is -2.10. The van der Waals surface area contributed by atoms with Gasteiger partial charge < -0.3 is 4.57 Å². The maximum atomic E-state index is 6.29. The quantitative estimate of drug-likeness (QED) is 0.598. The van der Waals surface area contributed by atoms with Crippen molar-refractivity contribution in [1.82, 2.24) is 9.55 Å². The lowest BCUT2D eigenvalue weighted by atomic mass is 10.2. The summed E-state index contributed by atoms with van der Waals surface area (Å²) in [5, 5.41) is -0.120. The summed E-state index contributed by atoms with van der Waals surface area (Å²) in [6.45, 7) is 2.74. The van der Waals surface area contributed by atoms with Crippen LogP contribution >= 0.6 is 27.5 Å². The zero-order chi connectivity index (χ0) is 14.1. The van der Waals surface area contributed by atoms with Crippen LogP contribution < -0.4 is 0 Å². The van der Waals surface area contributed by atoms with E-state index >= 15 is 0 Å². The number of halogens is 2. The van der Waals surface area contributed by atoms with Gasteiger partial charge in [0, 0.05) is 11.0 Å². The highest BCUT2D eigenvalue weighted by atomic mass is 79.9. The molecule has 3 rings (SSSR count). The molecule has 1 aromatic heterocycles. The molecule has 0 bridgehead atoms. The Morgan fingerprint density at radius 1 is 1.20 bits per heavy atom. The SMILES string of the molecule is CC(Cl)c1nc2cc(Br)ccc2n1Cc1ccccc1. The van der Waals surface area contributed by atoms with Gasteiger partial charge in [0.25, 0.3) is 0 Å². The van der Waals surface area contributed by atoms with Gasteiger partial charge in [0.1, 0.15) is 5.82 Å². The van der Waals surface area contributed by atoms with Crippen molar-refractivity contribution in [3.63, 3.8) is 0 Å². The highest BCUT2D eigenvalue weighted by Gasteiger charge is 2.15. The molecular weight excluding hydrogens is 336 g/mol. The molecular formula is C16H14BrClN2. The molecule has 1 heterocycles. The Morgan fingerprint density at radius 2 is 1.95 bits per heavy atom. The van der Waals surface area contributed by atoms with Crippen LogP contribution in [0.5, 0.6) is 0 Å². The molecule has 1 atom stereocenters. The van der Waals surface area contributed by atoms with Gasteiger partial charge in [-0.25, -0.2) is 4.98 Å². The Morgan fingerprint density at radius 3 is 2.65 bits per heavy atom. The fraction of sp³-hybridized carbons (Fsp3) is 0.188. The van der Waals surface area contributed by atoms with Gasteiger partial charge in [-0.2, -0.15) is 0 Å². The van der Waals surface area contributed by atoms with Gasteiger partial charge in [-0.05, 0) is 30.7 Å². The molecule has 0 N–H and O–H groups in total. The predicted molar refractivity (Wildman–Crippen MR) is 87.2 cm³/mol. The Balaban J connectivity index is 2.14. The number of aromatic nitrogens is 2. The largest absolute Gasteiger partial charge is 0.322 e. The van der Waals surface area contributed by atoms with E-state index in [1.54, 1.807) is 0 Å². The third-order valence-electron chi connectivity index (χ3n) is 3.28. The number of hydrogen-bond acceptors (Lipinski definition) is 1. The Kier molecular flexibility index (Phi) is 3.81. The lowest BCUT2D eigenvalue weighted by molar-refractivity contribution is 0.742. The molecule has 0 radical (unpaired) electrons. The van der Waals surface area contributed by atoms with Crippen LogP contribution in [0.1, 0.15) is 23.7 Å². The van der Waals surface area contributed by atoms with E-state index in [-0.39, 0.29) is 5.38 Å². The number of benzene rings is 2. The number of nitrogens with zero attached hydrogens (tertiary/aromatic N) is 2. The second kappa shape index (κ2) is 5.58. The fourth-order valence-corrected chi connectivity index (χ4v) is 2.87. The number of alkyl halides is 1. The van der Waals surface area contributed by atoms with Crippen molar-refractivity contribution in [2.24, 2.45) is 0 Å². The first kappa shape index (κ1) is 13.7. The normalized spacial score (nSPS) is 12.8. The van der Waals surface area contributed by atoms with E-state index in [4.69, 9.17) is 11.6 Å². The number of hydrogen-bond donors (Lipinski definition) is 0. The molecule has 0 saturated carbocycles. The van der Waals surface area contributed by atoms with Crippen molar-refractivity contribution in [2.45, 2.75) is 18.8 Å². The molecule has 0 spiro atoms. The Labute approximate surface area is 131 Å².